The van der Waals surface area contributed by atoms with Crippen molar-refractivity contribution in [3.8, 4) is 0 Å². The predicted molar refractivity (Wildman–Crippen MR) is 69.7 cm³/mol. The van der Waals surface area contributed by atoms with Crippen LogP contribution in [0.5, 0.6) is 0 Å². The van der Waals surface area contributed by atoms with Gasteiger partial charge in [-0.05, 0) is 49.3 Å². The van der Waals surface area contributed by atoms with Crippen LogP contribution in [0.25, 0.3) is 0 Å². The van der Waals surface area contributed by atoms with E-state index in [1.807, 2.05) is 0 Å². The molecule has 1 unspecified atom stereocenters. The number of hydrogen-bond acceptors (Lipinski definition) is 1. The predicted octanol–water partition coefficient (Wildman–Crippen LogP) is 4.01. The maximum Gasteiger partial charge on any atom is 0.0323 e. The third kappa shape index (κ3) is 2.30. The van der Waals surface area contributed by atoms with Crippen molar-refractivity contribution in [1.82, 2.24) is 5.32 Å². The minimum atomic E-state index is 0.608. The number of benzene rings is 1. The molecule has 0 spiro atoms. The Labute approximate surface area is 99.3 Å². The first kappa shape index (κ1) is 11.7. The van der Waals surface area contributed by atoms with Gasteiger partial charge in [-0.2, -0.15) is 0 Å². The summed E-state index contributed by atoms with van der Waals surface area (Å²) in [6.07, 6.45) is 5.12. The zero-order valence-corrected chi connectivity index (χ0v) is 10.5. The van der Waals surface area contributed by atoms with Crippen LogP contribution in [0.4, 0.5) is 0 Å². The van der Waals surface area contributed by atoms with Crippen molar-refractivity contribution in [2.24, 2.45) is 0 Å². The quantitative estimate of drug-likeness (QED) is 0.803. The third-order valence-corrected chi connectivity index (χ3v) is 3.86. The lowest BCUT2D eigenvalue weighted by Crippen LogP contribution is -2.15. The van der Waals surface area contributed by atoms with Crippen LogP contribution in [0.1, 0.15) is 62.6 Å². The van der Waals surface area contributed by atoms with Crippen LogP contribution in [0.3, 0.4) is 0 Å². The Morgan fingerprint density at radius 3 is 2.62 bits per heavy atom. The van der Waals surface area contributed by atoms with Crippen LogP contribution in [0, 0.1) is 0 Å². The van der Waals surface area contributed by atoms with E-state index in [0.29, 0.717) is 6.04 Å². The van der Waals surface area contributed by atoms with E-state index < -0.39 is 0 Å². The molecule has 0 aliphatic carbocycles. The molecule has 88 valence electrons. The highest BCUT2D eigenvalue weighted by Crippen LogP contribution is 2.32. The normalized spacial score (nSPS) is 20.6. The van der Waals surface area contributed by atoms with Gasteiger partial charge in [0.05, 0.1) is 0 Å². The van der Waals surface area contributed by atoms with Gasteiger partial charge in [0.1, 0.15) is 0 Å². The van der Waals surface area contributed by atoms with E-state index >= 15 is 0 Å². The van der Waals surface area contributed by atoms with Gasteiger partial charge in [0.2, 0.25) is 0 Å². The summed E-state index contributed by atoms with van der Waals surface area (Å²) in [5.41, 5.74) is 3.13. The molecule has 1 atom stereocenters. The van der Waals surface area contributed by atoms with Gasteiger partial charge in [0, 0.05) is 6.04 Å². The van der Waals surface area contributed by atoms with Crippen molar-refractivity contribution in [2.75, 3.05) is 6.54 Å². The van der Waals surface area contributed by atoms with Crippen LogP contribution in [0.2, 0.25) is 0 Å². The number of hydrogen-bond donors (Lipinski definition) is 1. The molecule has 0 radical (unpaired) electrons. The lowest BCUT2D eigenvalue weighted by Gasteiger charge is -2.21. The molecule has 1 saturated heterocycles. The first-order chi connectivity index (χ1) is 7.86. The fourth-order valence-corrected chi connectivity index (χ4v) is 2.88. The van der Waals surface area contributed by atoms with E-state index in [2.05, 4.69) is 43.4 Å². The smallest absolute Gasteiger partial charge is 0.0323 e. The molecule has 0 saturated carbocycles. The van der Waals surface area contributed by atoms with Gasteiger partial charge < -0.3 is 5.32 Å². The van der Waals surface area contributed by atoms with Crippen molar-refractivity contribution in [1.29, 1.82) is 0 Å². The molecule has 1 fully saturated rings. The second-order valence-electron chi connectivity index (χ2n) is 4.79. The summed E-state index contributed by atoms with van der Waals surface area (Å²) in [4.78, 5) is 0. The molecular formula is C15H23N. The highest BCUT2D eigenvalue weighted by molar-refractivity contribution is 5.33. The van der Waals surface area contributed by atoms with Crippen LogP contribution in [0.15, 0.2) is 24.3 Å². The summed E-state index contributed by atoms with van der Waals surface area (Å²) in [7, 11) is 0. The second-order valence-corrected chi connectivity index (χ2v) is 4.79. The molecule has 1 N–H and O–H groups in total. The molecule has 1 aliphatic rings. The highest BCUT2D eigenvalue weighted by atomic mass is 14.9. The maximum absolute atomic E-state index is 3.62. The molecule has 0 bridgehead atoms. The summed E-state index contributed by atoms with van der Waals surface area (Å²) in [5, 5.41) is 3.62. The van der Waals surface area contributed by atoms with E-state index in [-0.39, 0.29) is 0 Å². The summed E-state index contributed by atoms with van der Waals surface area (Å²) in [6.45, 7) is 5.78. The maximum atomic E-state index is 3.62. The van der Waals surface area contributed by atoms with Crippen molar-refractivity contribution in [2.45, 2.75) is 51.5 Å². The van der Waals surface area contributed by atoms with Crippen molar-refractivity contribution in [3.05, 3.63) is 35.4 Å². The number of rotatable bonds is 4. The van der Waals surface area contributed by atoms with E-state index in [9.17, 15) is 0 Å². The largest absolute Gasteiger partial charge is 0.310 e. The van der Waals surface area contributed by atoms with Gasteiger partial charge in [-0.3, -0.25) is 0 Å². The zero-order valence-electron chi connectivity index (χ0n) is 10.5. The molecule has 1 heteroatoms. The fraction of sp³-hybridized carbons (Fsp3) is 0.600. The molecule has 1 aliphatic heterocycles. The van der Waals surface area contributed by atoms with E-state index in [4.69, 9.17) is 0 Å². The third-order valence-electron chi connectivity index (χ3n) is 3.86. The van der Waals surface area contributed by atoms with Crippen molar-refractivity contribution in [3.63, 3.8) is 0 Å². The average Bonchev–Trinajstić information content (AvgIpc) is 2.85. The van der Waals surface area contributed by atoms with Gasteiger partial charge in [-0.15, -0.1) is 0 Å². The topological polar surface area (TPSA) is 12.0 Å². The second kappa shape index (κ2) is 5.49. The Morgan fingerprint density at radius 1 is 1.25 bits per heavy atom. The summed E-state index contributed by atoms with van der Waals surface area (Å²) >= 11 is 0. The molecular weight excluding hydrogens is 194 g/mol. The van der Waals surface area contributed by atoms with Crippen LogP contribution in [-0.4, -0.2) is 6.54 Å². The fourth-order valence-electron chi connectivity index (χ4n) is 2.88. The SMILES string of the molecule is CCC(CC)c1ccccc1C1CCCN1. The van der Waals surface area contributed by atoms with E-state index in [1.165, 1.54) is 32.2 Å². The Hall–Kier alpha value is -0.820. The minimum Gasteiger partial charge on any atom is -0.310 e. The van der Waals surface area contributed by atoms with Gasteiger partial charge in [0.25, 0.3) is 0 Å². The first-order valence-electron chi connectivity index (χ1n) is 6.69. The lowest BCUT2D eigenvalue weighted by molar-refractivity contribution is 0.595. The molecule has 1 aromatic carbocycles. The summed E-state index contributed by atoms with van der Waals surface area (Å²) < 4.78 is 0. The molecule has 1 aromatic rings. The Balaban J connectivity index is 2.28. The monoisotopic (exact) mass is 217 g/mol. The summed E-state index contributed by atoms with van der Waals surface area (Å²) in [6, 6.07) is 9.62. The van der Waals surface area contributed by atoms with Crippen LogP contribution >= 0.6 is 0 Å². The Bertz CT molecular complexity index is 301. The number of nitrogens with one attached hydrogen (secondary N) is 1. The molecule has 0 aromatic heterocycles. The van der Waals surface area contributed by atoms with Gasteiger partial charge >= 0.3 is 0 Å². The van der Waals surface area contributed by atoms with Crippen molar-refractivity contribution >= 4 is 0 Å². The minimum absolute atomic E-state index is 0.608. The highest BCUT2D eigenvalue weighted by Gasteiger charge is 2.21. The average molecular weight is 217 g/mol. The molecule has 2 rings (SSSR count). The standard InChI is InChI=1S/C15H23N/c1-3-12(4-2)13-8-5-6-9-14(13)15-10-7-11-16-15/h5-6,8-9,12,15-16H,3-4,7,10-11H2,1-2H3. The Morgan fingerprint density at radius 2 is 2.00 bits per heavy atom. The Kier molecular flexibility index (Phi) is 4.00. The van der Waals surface area contributed by atoms with Crippen LogP contribution in [-0.2, 0) is 0 Å². The molecule has 1 nitrogen and oxygen atoms in total. The van der Waals surface area contributed by atoms with Crippen molar-refractivity contribution < 1.29 is 0 Å². The van der Waals surface area contributed by atoms with E-state index in [0.717, 1.165) is 5.92 Å². The molecule has 0 amide bonds. The van der Waals surface area contributed by atoms with E-state index in [1.54, 1.807) is 11.1 Å². The van der Waals surface area contributed by atoms with Gasteiger partial charge in [0.15, 0.2) is 0 Å². The zero-order chi connectivity index (χ0) is 11.4. The van der Waals surface area contributed by atoms with Gasteiger partial charge in [-0.1, -0.05) is 38.1 Å². The lowest BCUT2D eigenvalue weighted by atomic mass is 9.87. The summed E-state index contributed by atoms with van der Waals surface area (Å²) in [5.74, 6) is 0.735. The molecule has 16 heavy (non-hydrogen) atoms. The molecule has 1 heterocycles. The first-order valence-corrected chi connectivity index (χ1v) is 6.69. The van der Waals surface area contributed by atoms with Crippen LogP contribution < -0.4 is 5.32 Å². The van der Waals surface area contributed by atoms with Gasteiger partial charge in [-0.25, -0.2) is 0 Å².